The van der Waals surface area contributed by atoms with Crippen molar-refractivity contribution in [2.45, 2.75) is 0 Å². The van der Waals surface area contributed by atoms with Crippen LogP contribution in [-0.4, -0.2) is 32.3 Å². The van der Waals surface area contributed by atoms with Crippen LogP contribution in [0.1, 0.15) is 0 Å². The van der Waals surface area contributed by atoms with Crippen LogP contribution < -0.4 is 15.8 Å². The normalized spacial score (nSPS) is 9.56. The van der Waals surface area contributed by atoms with Crippen LogP contribution in [0.25, 0.3) is 0 Å². The van der Waals surface area contributed by atoms with Crippen molar-refractivity contribution in [2.75, 3.05) is 31.7 Å². The number of carbonyl (C=O) groups excluding carboxylic acids is 1. The Balaban J connectivity index is 2.46. The van der Waals surface area contributed by atoms with Crippen molar-refractivity contribution >= 4 is 11.6 Å². The highest BCUT2D eigenvalue weighted by Crippen LogP contribution is 2.17. The van der Waals surface area contributed by atoms with Crippen molar-refractivity contribution in [2.24, 2.45) is 5.73 Å². The van der Waals surface area contributed by atoms with Gasteiger partial charge in [0.2, 0.25) is 5.91 Å². The second-order valence-corrected chi connectivity index (χ2v) is 3.36. The molecule has 0 radical (unpaired) electrons. The SMILES string of the molecule is N#CCOc1cccc(NC(=O)COCCN)c1. The van der Waals surface area contributed by atoms with Gasteiger partial charge >= 0.3 is 0 Å². The lowest BCUT2D eigenvalue weighted by atomic mass is 10.3. The van der Waals surface area contributed by atoms with Crippen molar-refractivity contribution in [1.82, 2.24) is 0 Å². The lowest BCUT2D eigenvalue weighted by Crippen LogP contribution is -2.20. The molecule has 1 amide bonds. The molecule has 0 heterocycles. The summed E-state index contributed by atoms with van der Waals surface area (Å²) in [5.41, 5.74) is 5.82. The first-order valence-corrected chi connectivity index (χ1v) is 5.43. The van der Waals surface area contributed by atoms with Gasteiger partial charge in [0.05, 0.1) is 6.61 Å². The van der Waals surface area contributed by atoms with Crippen molar-refractivity contribution < 1.29 is 14.3 Å². The van der Waals surface area contributed by atoms with Crippen LogP contribution in [0.3, 0.4) is 0 Å². The summed E-state index contributed by atoms with van der Waals surface area (Å²) in [5.74, 6) is 0.262. The Hall–Kier alpha value is -2.10. The van der Waals surface area contributed by atoms with Crippen LogP contribution in [0.5, 0.6) is 5.75 Å². The molecule has 0 saturated heterocycles. The zero-order valence-corrected chi connectivity index (χ0v) is 9.89. The van der Waals surface area contributed by atoms with Gasteiger partial charge in [0, 0.05) is 18.3 Å². The molecule has 6 nitrogen and oxygen atoms in total. The minimum absolute atomic E-state index is 0.0307. The van der Waals surface area contributed by atoms with Gasteiger partial charge in [-0.1, -0.05) is 6.07 Å². The Bertz CT molecular complexity index is 429. The number of rotatable bonds is 7. The van der Waals surface area contributed by atoms with Crippen molar-refractivity contribution in [1.29, 1.82) is 5.26 Å². The van der Waals surface area contributed by atoms with Gasteiger partial charge in [0.1, 0.15) is 18.4 Å². The summed E-state index contributed by atoms with van der Waals surface area (Å²) in [4.78, 5) is 11.4. The van der Waals surface area contributed by atoms with Crippen LogP contribution in [-0.2, 0) is 9.53 Å². The Morgan fingerprint density at radius 3 is 3.06 bits per heavy atom. The summed E-state index contributed by atoms with van der Waals surface area (Å²) < 4.78 is 10.1. The first-order valence-electron chi connectivity index (χ1n) is 5.43. The predicted molar refractivity (Wildman–Crippen MR) is 66.1 cm³/mol. The standard InChI is InChI=1S/C12H15N3O3/c13-4-6-17-9-12(16)15-10-2-1-3-11(8-10)18-7-5-14/h1-3,8H,4,6-7,9,13H2,(H,15,16). The molecule has 18 heavy (non-hydrogen) atoms. The monoisotopic (exact) mass is 249 g/mol. The van der Waals surface area contributed by atoms with Gasteiger partial charge < -0.3 is 20.5 Å². The quantitative estimate of drug-likeness (QED) is 0.686. The third-order valence-electron chi connectivity index (χ3n) is 1.92. The van der Waals surface area contributed by atoms with Gasteiger partial charge in [-0.2, -0.15) is 5.26 Å². The Morgan fingerprint density at radius 1 is 1.50 bits per heavy atom. The van der Waals surface area contributed by atoms with Crippen LogP contribution in [0.4, 0.5) is 5.69 Å². The molecule has 0 spiro atoms. The van der Waals surface area contributed by atoms with E-state index in [1.165, 1.54) is 0 Å². The molecule has 0 unspecified atom stereocenters. The lowest BCUT2D eigenvalue weighted by molar-refractivity contribution is -0.120. The molecule has 0 fully saturated rings. The zero-order chi connectivity index (χ0) is 13.2. The molecule has 0 bridgehead atoms. The van der Waals surface area contributed by atoms with E-state index in [-0.39, 0.29) is 19.1 Å². The molecule has 0 aliphatic rings. The molecule has 1 rings (SSSR count). The minimum atomic E-state index is -0.263. The number of hydrogen-bond acceptors (Lipinski definition) is 5. The number of nitrogens with zero attached hydrogens (tertiary/aromatic N) is 1. The van der Waals surface area contributed by atoms with E-state index in [0.29, 0.717) is 24.6 Å². The van der Waals surface area contributed by atoms with Crippen molar-refractivity contribution in [3.05, 3.63) is 24.3 Å². The number of anilines is 1. The number of nitriles is 1. The average Bonchev–Trinajstić information content (AvgIpc) is 2.37. The third kappa shape index (κ3) is 5.30. The number of amides is 1. The number of benzene rings is 1. The number of nitrogens with two attached hydrogens (primary N) is 1. The molecule has 3 N–H and O–H groups in total. The van der Waals surface area contributed by atoms with Crippen LogP contribution >= 0.6 is 0 Å². The van der Waals surface area contributed by atoms with E-state index >= 15 is 0 Å². The summed E-state index contributed by atoms with van der Waals surface area (Å²) in [6, 6.07) is 8.66. The first-order chi connectivity index (χ1) is 8.76. The Labute approximate surface area is 105 Å². The first kappa shape index (κ1) is 14.0. The van der Waals surface area contributed by atoms with E-state index < -0.39 is 0 Å². The maximum absolute atomic E-state index is 11.4. The topological polar surface area (TPSA) is 97.4 Å². The van der Waals surface area contributed by atoms with Gasteiger partial charge in [-0.15, -0.1) is 0 Å². The predicted octanol–water partition coefficient (Wildman–Crippen LogP) is 0.503. The molecule has 0 aliphatic heterocycles. The third-order valence-corrected chi connectivity index (χ3v) is 1.92. The van der Waals surface area contributed by atoms with Crippen molar-refractivity contribution in [3.8, 4) is 11.8 Å². The molecular formula is C12H15N3O3. The highest BCUT2D eigenvalue weighted by Gasteiger charge is 2.03. The summed E-state index contributed by atoms with van der Waals surface area (Å²) in [5, 5.41) is 11.0. The fraction of sp³-hybridized carbons (Fsp3) is 0.333. The average molecular weight is 249 g/mol. The van der Waals surface area contributed by atoms with Gasteiger partial charge in [-0.25, -0.2) is 0 Å². The second-order valence-electron chi connectivity index (χ2n) is 3.36. The Morgan fingerprint density at radius 2 is 2.33 bits per heavy atom. The second kappa shape index (κ2) is 8.06. The van der Waals surface area contributed by atoms with E-state index in [2.05, 4.69) is 5.32 Å². The smallest absolute Gasteiger partial charge is 0.250 e. The lowest BCUT2D eigenvalue weighted by Gasteiger charge is -2.07. The maximum Gasteiger partial charge on any atom is 0.250 e. The van der Waals surface area contributed by atoms with Crippen LogP contribution in [0, 0.1) is 11.3 Å². The number of nitrogens with one attached hydrogen (secondary N) is 1. The highest BCUT2D eigenvalue weighted by molar-refractivity contribution is 5.91. The van der Waals surface area contributed by atoms with Gasteiger partial charge in [0.15, 0.2) is 6.61 Å². The van der Waals surface area contributed by atoms with E-state index in [1.54, 1.807) is 24.3 Å². The molecule has 1 aromatic rings. The zero-order valence-electron chi connectivity index (χ0n) is 9.89. The van der Waals surface area contributed by atoms with Gasteiger partial charge in [-0.05, 0) is 12.1 Å². The molecular weight excluding hydrogens is 234 g/mol. The fourth-order valence-corrected chi connectivity index (χ4v) is 1.22. The largest absolute Gasteiger partial charge is 0.479 e. The molecule has 96 valence electrons. The van der Waals surface area contributed by atoms with E-state index in [4.69, 9.17) is 20.5 Å². The highest BCUT2D eigenvalue weighted by atomic mass is 16.5. The summed E-state index contributed by atoms with van der Waals surface area (Å²) in [7, 11) is 0. The number of ether oxygens (including phenoxy) is 2. The number of hydrogen-bond donors (Lipinski definition) is 2. The number of carbonyl (C=O) groups is 1. The summed E-state index contributed by atoms with van der Waals surface area (Å²) in [6.45, 7) is 0.654. The maximum atomic E-state index is 11.4. The van der Waals surface area contributed by atoms with E-state index in [9.17, 15) is 4.79 Å². The molecule has 0 aliphatic carbocycles. The van der Waals surface area contributed by atoms with Crippen molar-refractivity contribution in [3.63, 3.8) is 0 Å². The van der Waals surface area contributed by atoms with Crippen LogP contribution in [0.2, 0.25) is 0 Å². The molecule has 6 heteroatoms. The minimum Gasteiger partial charge on any atom is -0.479 e. The van der Waals surface area contributed by atoms with Gasteiger partial charge in [0.25, 0.3) is 0 Å². The molecule has 0 aromatic heterocycles. The summed E-state index contributed by atoms with van der Waals surface area (Å²) >= 11 is 0. The van der Waals surface area contributed by atoms with Gasteiger partial charge in [-0.3, -0.25) is 4.79 Å². The molecule has 1 aromatic carbocycles. The van der Waals surface area contributed by atoms with E-state index in [1.807, 2.05) is 6.07 Å². The molecule has 0 atom stereocenters. The fourth-order valence-electron chi connectivity index (χ4n) is 1.22. The Kier molecular flexibility index (Phi) is 6.25. The summed E-state index contributed by atoms with van der Waals surface area (Å²) in [6.07, 6.45) is 0. The molecule has 0 saturated carbocycles. The van der Waals surface area contributed by atoms with E-state index in [0.717, 1.165) is 0 Å². The van der Waals surface area contributed by atoms with Crippen LogP contribution in [0.15, 0.2) is 24.3 Å².